The third kappa shape index (κ3) is 4.02. The van der Waals surface area contributed by atoms with Crippen LogP contribution < -0.4 is 15.2 Å². The number of halogens is 1. The zero-order valence-electron chi connectivity index (χ0n) is 12.2. The molecule has 1 fully saturated rings. The van der Waals surface area contributed by atoms with Crippen LogP contribution in [-0.2, 0) is 11.2 Å². The molecule has 0 aliphatic carbocycles. The Kier molecular flexibility index (Phi) is 5.70. The predicted molar refractivity (Wildman–Crippen MR) is 82.1 cm³/mol. The number of benzene rings is 1. The topological polar surface area (TPSA) is 64.8 Å². The van der Waals surface area contributed by atoms with E-state index in [2.05, 4.69) is 0 Å². The van der Waals surface area contributed by atoms with Crippen LogP contribution in [0.1, 0.15) is 18.4 Å². The number of likely N-dealkylation sites (tertiary alicyclic amines) is 1. The van der Waals surface area contributed by atoms with E-state index in [0.29, 0.717) is 29.5 Å². The number of hydrogen-bond donors (Lipinski definition) is 1. The first-order valence-corrected chi connectivity index (χ1v) is 7.50. The zero-order chi connectivity index (χ0) is 15.2. The molecule has 1 aromatic rings. The summed E-state index contributed by atoms with van der Waals surface area (Å²) in [6.07, 6.45) is 2.83. The van der Waals surface area contributed by atoms with Crippen molar-refractivity contribution in [1.29, 1.82) is 0 Å². The highest BCUT2D eigenvalue weighted by atomic mass is 35.5. The summed E-state index contributed by atoms with van der Waals surface area (Å²) >= 11 is 6.22. The summed E-state index contributed by atoms with van der Waals surface area (Å²) in [5.41, 5.74) is 6.53. The van der Waals surface area contributed by atoms with Gasteiger partial charge in [0.15, 0.2) is 18.1 Å². The van der Waals surface area contributed by atoms with Gasteiger partial charge in [0.05, 0.1) is 12.1 Å². The van der Waals surface area contributed by atoms with Crippen LogP contribution in [0.2, 0.25) is 5.02 Å². The van der Waals surface area contributed by atoms with E-state index < -0.39 is 0 Å². The average molecular weight is 313 g/mol. The van der Waals surface area contributed by atoms with Gasteiger partial charge in [0.25, 0.3) is 5.91 Å². The predicted octanol–water partition coefficient (Wildman–Crippen LogP) is 1.85. The molecule has 0 aromatic heterocycles. The summed E-state index contributed by atoms with van der Waals surface area (Å²) in [5.74, 6) is 0.921. The number of methoxy groups -OCH3 is 1. The Labute approximate surface area is 130 Å². The quantitative estimate of drug-likeness (QED) is 0.870. The van der Waals surface area contributed by atoms with Crippen molar-refractivity contribution < 1.29 is 14.3 Å². The second-order valence-electron chi connectivity index (χ2n) is 5.02. The highest BCUT2D eigenvalue weighted by Gasteiger charge is 2.20. The maximum absolute atomic E-state index is 12.0. The van der Waals surface area contributed by atoms with Gasteiger partial charge in [-0.3, -0.25) is 4.79 Å². The Morgan fingerprint density at radius 2 is 2.10 bits per heavy atom. The molecule has 1 aromatic carbocycles. The third-order valence-electron chi connectivity index (χ3n) is 3.52. The van der Waals surface area contributed by atoms with Gasteiger partial charge in [-0.1, -0.05) is 11.6 Å². The van der Waals surface area contributed by atoms with Gasteiger partial charge in [-0.15, -0.1) is 0 Å². The third-order valence-corrected chi connectivity index (χ3v) is 3.80. The molecule has 0 saturated carbocycles. The summed E-state index contributed by atoms with van der Waals surface area (Å²) in [4.78, 5) is 13.8. The van der Waals surface area contributed by atoms with Gasteiger partial charge < -0.3 is 20.1 Å². The van der Waals surface area contributed by atoms with E-state index in [1.807, 2.05) is 11.0 Å². The van der Waals surface area contributed by atoms with Crippen molar-refractivity contribution in [2.24, 2.45) is 5.73 Å². The highest BCUT2D eigenvalue weighted by Crippen LogP contribution is 2.36. The van der Waals surface area contributed by atoms with Gasteiger partial charge in [-0.2, -0.15) is 0 Å². The highest BCUT2D eigenvalue weighted by molar-refractivity contribution is 6.32. The summed E-state index contributed by atoms with van der Waals surface area (Å²) in [5, 5.41) is 0.437. The zero-order valence-corrected chi connectivity index (χ0v) is 13.0. The lowest BCUT2D eigenvalue weighted by atomic mass is 10.1. The van der Waals surface area contributed by atoms with Crippen molar-refractivity contribution in [3.05, 3.63) is 22.7 Å². The molecule has 6 heteroatoms. The van der Waals surface area contributed by atoms with Crippen LogP contribution in [0, 0.1) is 0 Å². The molecule has 21 heavy (non-hydrogen) atoms. The molecule has 1 aliphatic rings. The van der Waals surface area contributed by atoms with Crippen LogP contribution in [0.4, 0.5) is 0 Å². The molecule has 0 bridgehead atoms. The first-order valence-electron chi connectivity index (χ1n) is 7.12. The molecule has 5 nitrogen and oxygen atoms in total. The monoisotopic (exact) mass is 312 g/mol. The minimum atomic E-state index is -0.0215. The fraction of sp³-hybridized carbons (Fsp3) is 0.533. The molecule has 1 heterocycles. The second kappa shape index (κ2) is 7.52. The molecule has 0 spiro atoms. The lowest BCUT2D eigenvalue weighted by Gasteiger charge is -2.17. The van der Waals surface area contributed by atoms with E-state index in [1.54, 1.807) is 13.2 Å². The Bertz CT molecular complexity index is 502. The lowest BCUT2D eigenvalue weighted by molar-refractivity contribution is -0.132. The first-order chi connectivity index (χ1) is 10.2. The van der Waals surface area contributed by atoms with Crippen LogP contribution >= 0.6 is 11.6 Å². The SMILES string of the molecule is COc1cc(CCN)cc(Cl)c1OCC(=O)N1CCCC1. The number of carbonyl (C=O) groups excluding carboxylic acids is 1. The van der Waals surface area contributed by atoms with Crippen LogP contribution in [0.3, 0.4) is 0 Å². The van der Waals surface area contributed by atoms with Crippen LogP contribution in [-0.4, -0.2) is 44.2 Å². The number of hydrogen-bond acceptors (Lipinski definition) is 4. The number of amides is 1. The number of ether oxygens (including phenoxy) is 2. The standard InChI is InChI=1S/C15H21ClN2O3/c1-20-13-9-11(4-5-17)8-12(16)15(13)21-10-14(19)18-6-2-3-7-18/h8-9H,2-7,10,17H2,1H3. The van der Waals surface area contributed by atoms with Gasteiger partial charge in [0, 0.05) is 13.1 Å². The smallest absolute Gasteiger partial charge is 0.260 e. The second-order valence-corrected chi connectivity index (χ2v) is 5.43. The largest absolute Gasteiger partial charge is 0.493 e. The van der Waals surface area contributed by atoms with E-state index >= 15 is 0 Å². The summed E-state index contributed by atoms with van der Waals surface area (Å²) in [6.45, 7) is 2.13. The maximum Gasteiger partial charge on any atom is 0.260 e. The van der Waals surface area contributed by atoms with E-state index in [9.17, 15) is 4.79 Å². The van der Waals surface area contributed by atoms with Gasteiger partial charge in [0.1, 0.15) is 0 Å². The van der Waals surface area contributed by atoms with Crippen LogP contribution in [0.15, 0.2) is 12.1 Å². The molecule has 116 valence electrons. The molecular formula is C15H21ClN2O3. The normalized spacial score (nSPS) is 14.3. The van der Waals surface area contributed by atoms with Crippen molar-refractivity contribution in [2.45, 2.75) is 19.3 Å². The summed E-state index contributed by atoms with van der Waals surface area (Å²) in [6, 6.07) is 3.64. The van der Waals surface area contributed by atoms with Crippen molar-refractivity contribution in [3.63, 3.8) is 0 Å². The fourth-order valence-corrected chi connectivity index (χ4v) is 2.70. The van der Waals surface area contributed by atoms with Crippen molar-refractivity contribution in [3.8, 4) is 11.5 Å². The molecule has 0 unspecified atom stereocenters. The van der Waals surface area contributed by atoms with E-state index in [-0.39, 0.29) is 12.5 Å². The molecule has 0 radical (unpaired) electrons. The molecule has 1 amide bonds. The minimum absolute atomic E-state index is 0.0170. The fourth-order valence-electron chi connectivity index (χ4n) is 2.42. The molecule has 1 aliphatic heterocycles. The molecule has 2 rings (SSSR count). The Balaban J connectivity index is 2.06. The van der Waals surface area contributed by atoms with Crippen molar-refractivity contribution in [2.75, 3.05) is 33.4 Å². The van der Waals surface area contributed by atoms with Crippen molar-refractivity contribution in [1.82, 2.24) is 4.90 Å². The number of carbonyl (C=O) groups is 1. The Hall–Kier alpha value is -1.46. The molecule has 0 atom stereocenters. The molecule has 1 saturated heterocycles. The number of nitrogens with two attached hydrogens (primary N) is 1. The summed E-state index contributed by atoms with van der Waals surface area (Å²) < 4.78 is 10.9. The lowest BCUT2D eigenvalue weighted by Crippen LogP contribution is -2.32. The number of rotatable bonds is 6. The van der Waals surface area contributed by atoms with Crippen LogP contribution in [0.25, 0.3) is 0 Å². The van der Waals surface area contributed by atoms with Gasteiger partial charge in [-0.25, -0.2) is 0 Å². The Morgan fingerprint density at radius 3 is 2.71 bits per heavy atom. The average Bonchev–Trinajstić information content (AvgIpc) is 3.00. The van der Waals surface area contributed by atoms with Gasteiger partial charge in [0.2, 0.25) is 0 Å². The van der Waals surface area contributed by atoms with E-state index in [1.165, 1.54) is 0 Å². The van der Waals surface area contributed by atoms with E-state index in [4.69, 9.17) is 26.8 Å². The van der Waals surface area contributed by atoms with E-state index in [0.717, 1.165) is 31.5 Å². The van der Waals surface area contributed by atoms with Gasteiger partial charge >= 0.3 is 0 Å². The maximum atomic E-state index is 12.0. The Morgan fingerprint density at radius 1 is 1.38 bits per heavy atom. The molecular weight excluding hydrogens is 292 g/mol. The number of nitrogens with zero attached hydrogens (tertiary/aromatic N) is 1. The molecule has 2 N–H and O–H groups in total. The van der Waals surface area contributed by atoms with Gasteiger partial charge in [-0.05, 0) is 43.5 Å². The minimum Gasteiger partial charge on any atom is -0.493 e. The van der Waals surface area contributed by atoms with Crippen molar-refractivity contribution >= 4 is 17.5 Å². The van der Waals surface area contributed by atoms with Crippen LogP contribution in [0.5, 0.6) is 11.5 Å². The first kappa shape index (κ1) is 15.9. The summed E-state index contributed by atoms with van der Waals surface area (Å²) in [7, 11) is 1.55.